The van der Waals surface area contributed by atoms with Gasteiger partial charge >= 0.3 is 0 Å². The zero-order valence-electron chi connectivity index (χ0n) is 10.2. The van der Waals surface area contributed by atoms with Crippen molar-refractivity contribution in [1.29, 1.82) is 5.26 Å². The molecular formula is C13H11N3O2S. The van der Waals surface area contributed by atoms with Gasteiger partial charge in [0.05, 0.1) is 11.3 Å². The molecule has 1 heterocycles. The van der Waals surface area contributed by atoms with Crippen LogP contribution in [0.1, 0.15) is 11.3 Å². The first kappa shape index (κ1) is 13.1. The summed E-state index contributed by atoms with van der Waals surface area (Å²) in [6, 6.07) is 10.6. The average Bonchev–Trinajstić information content (AvgIpc) is 2.82. The molecule has 6 heteroatoms. The number of ether oxygens (including phenoxy) is 1. The third kappa shape index (κ3) is 3.53. The Hall–Kier alpha value is -2.39. The molecule has 19 heavy (non-hydrogen) atoms. The van der Waals surface area contributed by atoms with Gasteiger partial charge < -0.3 is 10.1 Å². The molecular weight excluding hydrogens is 262 g/mol. The molecule has 0 saturated carbocycles. The number of nitriles is 1. The standard InChI is InChI=1S/C13H11N3O2S/c1-9-6-13(19-16-9)15-12(17)8-18-11-5-3-2-4-10(11)7-14/h2-6H,8H2,1H3,(H,15,17). The van der Waals surface area contributed by atoms with Crippen molar-refractivity contribution in [2.45, 2.75) is 6.92 Å². The van der Waals surface area contributed by atoms with Crippen LogP contribution in [-0.2, 0) is 4.79 Å². The predicted octanol–water partition coefficient (Wildman–Crippen LogP) is 2.34. The fourth-order valence-electron chi connectivity index (χ4n) is 1.42. The molecule has 0 aliphatic carbocycles. The zero-order chi connectivity index (χ0) is 13.7. The van der Waals surface area contributed by atoms with Gasteiger partial charge in [-0.3, -0.25) is 4.79 Å². The fraction of sp³-hybridized carbons (Fsp3) is 0.154. The lowest BCUT2D eigenvalue weighted by molar-refractivity contribution is -0.118. The van der Waals surface area contributed by atoms with Crippen LogP contribution in [0.4, 0.5) is 5.00 Å². The molecule has 0 atom stereocenters. The smallest absolute Gasteiger partial charge is 0.262 e. The number of anilines is 1. The third-order valence-corrected chi connectivity index (χ3v) is 3.05. The van der Waals surface area contributed by atoms with E-state index < -0.39 is 0 Å². The zero-order valence-corrected chi connectivity index (χ0v) is 11.0. The maximum atomic E-state index is 11.7. The van der Waals surface area contributed by atoms with Crippen LogP contribution in [0.15, 0.2) is 30.3 Å². The predicted molar refractivity (Wildman–Crippen MR) is 72.1 cm³/mol. The Morgan fingerprint density at radius 1 is 1.53 bits per heavy atom. The number of hydrogen-bond donors (Lipinski definition) is 1. The van der Waals surface area contributed by atoms with E-state index in [1.165, 1.54) is 11.5 Å². The van der Waals surface area contributed by atoms with E-state index in [1.807, 2.05) is 13.0 Å². The number of rotatable bonds is 4. The lowest BCUT2D eigenvalue weighted by atomic mass is 10.2. The Balaban J connectivity index is 1.92. The van der Waals surface area contributed by atoms with E-state index >= 15 is 0 Å². The quantitative estimate of drug-likeness (QED) is 0.927. The van der Waals surface area contributed by atoms with Gasteiger partial charge in [0.2, 0.25) is 0 Å². The molecule has 0 spiro atoms. The molecule has 0 aliphatic heterocycles. The summed E-state index contributed by atoms with van der Waals surface area (Å²) in [5.41, 5.74) is 1.26. The first-order valence-electron chi connectivity index (χ1n) is 5.54. The Bertz CT molecular complexity index is 631. The summed E-state index contributed by atoms with van der Waals surface area (Å²) in [7, 11) is 0. The monoisotopic (exact) mass is 273 g/mol. The Labute approximate surface area is 114 Å². The van der Waals surface area contributed by atoms with Gasteiger partial charge in [-0.2, -0.15) is 9.64 Å². The number of nitrogens with one attached hydrogen (secondary N) is 1. The molecule has 2 aromatic rings. The van der Waals surface area contributed by atoms with Gasteiger partial charge in [0.15, 0.2) is 6.61 Å². The van der Waals surface area contributed by atoms with Crippen LogP contribution in [0.25, 0.3) is 0 Å². The molecule has 0 bridgehead atoms. The molecule has 2 rings (SSSR count). The summed E-state index contributed by atoms with van der Waals surface area (Å²) >= 11 is 1.22. The van der Waals surface area contributed by atoms with Crippen LogP contribution >= 0.6 is 11.5 Å². The molecule has 0 radical (unpaired) electrons. The van der Waals surface area contributed by atoms with Gasteiger partial charge in [-0.15, -0.1) is 0 Å². The summed E-state index contributed by atoms with van der Waals surface area (Å²) in [6.45, 7) is 1.71. The number of aryl methyl sites for hydroxylation is 1. The topological polar surface area (TPSA) is 75.0 Å². The SMILES string of the molecule is Cc1cc(NC(=O)COc2ccccc2C#N)sn1. The third-order valence-electron chi connectivity index (χ3n) is 2.26. The second kappa shape index (κ2) is 5.98. The Morgan fingerprint density at radius 2 is 2.32 bits per heavy atom. The lowest BCUT2D eigenvalue weighted by Crippen LogP contribution is -2.19. The highest BCUT2D eigenvalue weighted by Crippen LogP contribution is 2.17. The molecule has 0 aliphatic rings. The van der Waals surface area contributed by atoms with Crippen LogP contribution in [0.5, 0.6) is 5.75 Å². The van der Waals surface area contributed by atoms with Crippen molar-refractivity contribution in [3.63, 3.8) is 0 Å². The highest BCUT2D eigenvalue weighted by atomic mass is 32.1. The lowest BCUT2D eigenvalue weighted by Gasteiger charge is -2.06. The van der Waals surface area contributed by atoms with Gasteiger partial charge in [0, 0.05) is 0 Å². The van der Waals surface area contributed by atoms with Gasteiger partial charge in [-0.25, -0.2) is 0 Å². The summed E-state index contributed by atoms with van der Waals surface area (Å²) in [4.78, 5) is 11.7. The molecule has 96 valence electrons. The van der Waals surface area contributed by atoms with Crippen molar-refractivity contribution in [2.75, 3.05) is 11.9 Å². The molecule has 1 aromatic carbocycles. The van der Waals surface area contributed by atoms with Crippen molar-refractivity contribution in [3.8, 4) is 11.8 Å². The largest absolute Gasteiger partial charge is 0.482 e. The molecule has 0 fully saturated rings. The number of carbonyl (C=O) groups excluding carboxylic acids is 1. The minimum atomic E-state index is -0.281. The van der Waals surface area contributed by atoms with E-state index in [4.69, 9.17) is 10.00 Å². The number of carbonyl (C=O) groups is 1. The maximum absolute atomic E-state index is 11.7. The van der Waals surface area contributed by atoms with E-state index in [0.717, 1.165) is 5.69 Å². The molecule has 1 N–H and O–H groups in total. The number of nitrogens with zero attached hydrogens (tertiary/aromatic N) is 2. The van der Waals surface area contributed by atoms with Crippen molar-refractivity contribution in [2.24, 2.45) is 0 Å². The second-order valence-corrected chi connectivity index (χ2v) is 4.58. The van der Waals surface area contributed by atoms with Crippen molar-refractivity contribution in [3.05, 3.63) is 41.6 Å². The van der Waals surface area contributed by atoms with Gasteiger partial charge in [-0.05, 0) is 36.7 Å². The van der Waals surface area contributed by atoms with E-state index in [0.29, 0.717) is 16.3 Å². The van der Waals surface area contributed by atoms with Crippen LogP contribution < -0.4 is 10.1 Å². The van der Waals surface area contributed by atoms with Crippen LogP contribution in [0.3, 0.4) is 0 Å². The normalized spacial score (nSPS) is 9.68. The first-order valence-corrected chi connectivity index (χ1v) is 6.31. The van der Waals surface area contributed by atoms with Crippen LogP contribution in [-0.4, -0.2) is 16.9 Å². The highest BCUT2D eigenvalue weighted by Gasteiger charge is 2.08. The summed E-state index contributed by atoms with van der Waals surface area (Å²) < 4.78 is 9.38. The van der Waals surface area contributed by atoms with Crippen molar-refractivity contribution >= 4 is 22.4 Å². The van der Waals surface area contributed by atoms with Gasteiger partial charge in [0.25, 0.3) is 5.91 Å². The van der Waals surface area contributed by atoms with Crippen LogP contribution in [0, 0.1) is 18.3 Å². The molecule has 1 aromatic heterocycles. The molecule has 1 amide bonds. The fourth-order valence-corrected chi connectivity index (χ4v) is 2.10. The minimum absolute atomic E-state index is 0.143. The average molecular weight is 273 g/mol. The number of hydrogen-bond acceptors (Lipinski definition) is 5. The van der Waals surface area contributed by atoms with E-state index in [1.54, 1.807) is 30.3 Å². The molecule has 0 saturated heterocycles. The highest BCUT2D eigenvalue weighted by molar-refractivity contribution is 7.10. The summed E-state index contributed by atoms with van der Waals surface area (Å²) in [5, 5.41) is 12.2. The van der Waals surface area contributed by atoms with Gasteiger partial charge in [0.1, 0.15) is 16.8 Å². The van der Waals surface area contributed by atoms with Crippen molar-refractivity contribution < 1.29 is 9.53 Å². The maximum Gasteiger partial charge on any atom is 0.262 e. The number of amides is 1. The number of para-hydroxylation sites is 1. The summed E-state index contributed by atoms with van der Waals surface area (Å²) in [5.74, 6) is 0.122. The number of benzene rings is 1. The number of aromatic nitrogens is 1. The minimum Gasteiger partial charge on any atom is -0.482 e. The summed E-state index contributed by atoms with van der Waals surface area (Å²) in [6.07, 6.45) is 0. The first-order chi connectivity index (χ1) is 9.19. The Kier molecular flexibility index (Phi) is 4.11. The van der Waals surface area contributed by atoms with Crippen LogP contribution in [0.2, 0.25) is 0 Å². The Morgan fingerprint density at radius 3 is 3.00 bits per heavy atom. The van der Waals surface area contributed by atoms with E-state index in [2.05, 4.69) is 9.69 Å². The molecule has 5 nitrogen and oxygen atoms in total. The van der Waals surface area contributed by atoms with Gasteiger partial charge in [-0.1, -0.05) is 12.1 Å². The second-order valence-electron chi connectivity index (χ2n) is 3.78. The van der Waals surface area contributed by atoms with E-state index in [-0.39, 0.29) is 12.5 Å². The molecule has 0 unspecified atom stereocenters. The van der Waals surface area contributed by atoms with Crippen molar-refractivity contribution in [1.82, 2.24) is 4.37 Å². The van der Waals surface area contributed by atoms with E-state index in [9.17, 15) is 4.79 Å².